The van der Waals surface area contributed by atoms with E-state index in [-0.39, 0.29) is 24.2 Å². The monoisotopic (exact) mass is 522 g/mol. The van der Waals surface area contributed by atoms with Gasteiger partial charge in [-0.2, -0.15) is 0 Å². The zero-order valence-corrected chi connectivity index (χ0v) is 21.2. The molecule has 1 aliphatic rings. The number of aromatic nitrogens is 3. The fourth-order valence-electron chi connectivity index (χ4n) is 4.62. The first-order valence-electron chi connectivity index (χ1n) is 11.5. The van der Waals surface area contributed by atoms with Gasteiger partial charge in [0.25, 0.3) is 0 Å². The van der Waals surface area contributed by atoms with Gasteiger partial charge in [0.1, 0.15) is 12.4 Å². The first-order valence-corrected chi connectivity index (χ1v) is 12.3. The molecule has 0 spiro atoms. The number of pyridine rings is 1. The van der Waals surface area contributed by atoms with Crippen molar-refractivity contribution in [3.63, 3.8) is 0 Å². The molecule has 1 amide bonds. The molecule has 2 aromatic heterocycles. The lowest BCUT2D eigenvalue weighted by Crippen LogP contribution is -2.31. The second-order valence-electron chi connectivity index (χ2n) is 8.78. The van der Waals surface area contributed by atoms with Crippen molar-refractivity contribution in [1.29, 1.82) is 0 Å². The summed E-state index contributed by atoms with van der Waals surface area (Å²) in [5, 5.41) is 1.01. The number of aryl methyl sites for hydroxylation is 1. The van der Waals surface area contributed by atoms with Crippen LogP contribution in [-0.4, -0.2) is 38.0 Å². The van der Waals surface area contributed by atoms with Gasteiger partial charge in [0.05, 0.1) is 34.0 Å². The Morgan fingerprint density at radius 1 is 1.17 bits per heavy atom. The molecule has 184 valence electrons. The van der Waals surface area contributed by atoms with Crippen molar-refractivity contribution in [1.82, 2.24) is 19.0 Å². The largest absolute Gasteiger partial charge is 0.487 e. The molecule has 1 aliphatic heterocycles. The fourth-order valence-corrected chi connectivity index (χ4v) is 5.14. The third-order valence-corrected chi connectivity index (χ3v) is 7.10. The van der Waals surface area contributed by atoms with Crippen molar-refractivity contribution >= 4 is 40.1 Å². The lowest BCUT2D eigenvalue weighted by Gasteiger charge is -2.15. The second kappa shape index (κ2) is 9.84. The molecule has 1 fully saturated rings. The number of rotatable bonds is 6. The third-order valence-electron chi connectivity index (χ3n) is 6.46. The summed E-state index contributed by atoms with van der Waals surface area (Å²) in [6, 6.07) is 12.7. The molecule has 0 unspecified atom stereocenters. The van der Waals surface area contributed by atoms with E-state index >= 15 is 0 Å². The molecule has 4 aromatic rings. The van der Waals surface area contributed by atoms with Crippen molar-refractivity contribution in [3.8, 4) is 11.4 Å². The van der Waals surface area contributed by atoms with Gasteiger partial charge in [-0.15, -0.1) is 0 Å². The minimum absolute atomic E-state index is 0.134. The number of ether oxygens (including phenoxy) is 1. The lowest BCUT2D eigenvalue weighted by atomic mass is 10.1. The van der Waals surface area contributed by atoms with Crippen LogP contribution >= 0.6 is 23.2 Å². The standard InChI is InChI=1S/C27H24Cl2N4O3/c1-3-26(34)31-11-9-20(15-31)33-23-8-10-30-14-24(23)32(27(33)35)19-6-7-25(22(29)13-19)36-16-18-5-4-17(2)12-21(18)28/h3-8,10,12-14,20H,1,9,11,15-16H2,2H3/t20-/m1/s1. The summed E-state index contributed by atoms with van der Waals surface area (Å²) in [6.07, 6.45) is 5.30. The summed E-state index contributed by atoms with van der Waals surface area (Å²) in [6.45, 7) is 6.83. The van der Waals surface area contributed by atoms with Gasteiger partial charge in [-0.1, -0.05) is 41.9 Å². The fraction of sp³-hybridized carbons (Fsp3) is 0.222. The number of likely N-dealkylation sites (tertiary alicyclic amines) is 1. The normalized spacial score (nSPS) is 15.4. The minimum Gasteiger partial charge on any atom is -0.487 e. The van der Waals surface area contributed by atoms with Crippen LogP contribution in [0.2, 0.25) is 10.0 Å². The molecule has 0 bridgehead atoms. The van der Waals surface area contributed by atoms with E-state index in [2.05, 4.69) is 11.6 Å². The molecule has 1 saturated heterocycles. The Bertz CT molecular complexity index is 1540. The number of halogens is 2. The number of hydrogen-bond donors (Lipinski definition) is 0. The maximum Gasteiger partial charge on any atom is 0.334 e. The quantitative estimate of drug-likeness (QED) is 0.320. The molecule has 1 atom stereocenters. The predicted octanol–water partition coefficient (Wildman–Crippen LogP) is 5.34. The summed E-state index contributed by atoms with van der Waals surface area (Å²) in [5.74, 6) is 0.353. The number of imidazole rings is 1. The van der Waals surface area contributed by atoms with Crippen LogP contribution in [-0.2, 0) is 11.4 Å². The summed E-state index contributed by atoms with van der Waals surface area (Å²) in [5.41, 5.74) is 3.72. The lowest BCUT2D eigenvalue weighted by molar-refractivity contribution is -0.125. The van der Waals surface area contributed by atoms with E-state index in [1.807, 2.05) is 31.2 Å². The number of benzene rings is 2. The molecular formula is C27H24Cl2N4O3. The van der Waals surface area contributed by atoms with E-state index in [0.717, 1.165) is 16.6 Å². The van der Waals surface area contributed by atoms with Crippen LogP contribution in [0, 0.1) is 6.92 Å². The Balaban J connectivity index is 1.47. The van der Waals surface area contributed by atoms with Crippen molar-refractivity contribution in [2.45, 2.75) is 26.0 Å². The number of nitrogens with zero attached hydrogens (tertiary/aromatic N) is 4. The summed E-state index contributed by atoms with van der Waals surface area (Å²) < 4.78 is 9.25. The van der Waals surface area contributed by atoms with Crippen LogP contribution in [0.25, 0.3) is 16.7 Å². The highest BCUT2D eigenvalue weighted by Crippen LogP contribution is 2.31. The highest BCUT2D eigenvalue weighted by Gasteiger charge is 2.30. The molecular weight excluding hydrogens is 499 g/mol. The van der Waals surface area contributed by atoms with Crippen LogP contribution < -0.4 is 10.4 Å². The SMILES string of the molecule is C=CC(=O)N1CC[C@@H](n2c(=O)n(-c3ccc(OCc4ccc(C)cc4Cl)c(Cl)c3)c3cnccc32)C1. The number of carbonyl (C=O) groups excluding carboxylic acids is 1. The number of hydrogen-bond acceptors (Lipinski definition) is 4. The zero-order valence-electron chi connectivity index (χ0n) is 19.7. The smallest absolute Gasteiger partial charge is 0.334 e. The maximum absolute atomic E-state index is 13.7. The maximum atomic E-state index is 13.7. The topological polar surface area (TPSA) is 69.4 Å². The number of carbonyl (C=O) groups is 1. The number of fused-ring (bicyclic) bond motifs is 1. The molecule has 2 aromatic carbocycles. The van der Waals surface area contributed by atoms with Crippen LogP contribution in [0.4, 0.5) is 0 Å². The van der Waals surface area contributed by atoms with Crippen LogP contribution in [0.5, 0.6) is 5.75 Å². The van der Waals surface area contributed by atoms with E-state index in [1.54, 1.807) is 44.6 Å². The molecule has 7 nitrogen and oxygen atoms in total. The average Bonchev–Trinajstić information content (AvgIpc) is 3.45. The Morgan fingerprint density at radius 2 is 2.00 bits per heavy atom. The summed E-state index contributed by atoms with van der Waals surface area (Å²) >= 11 is 12.9. The first-order chi connectivity index (χ1) is 17.4. The predicted molar refractivity (Wildman–Crippen MR) is 141 cm³/mol. The van der Waals surface area contributed by atoms with Crippen molar-refractivity contribution < 1.29 is 9.53 Å². The second-order valence-corrected chi connectivity index (χ2v) is 9.60. The third kappa shape index (κ3) is 4.40. The summed E-state index contributed by atoms with van der Waals surface area (Å²) in [7, 11) is 0. The Labute approximate surface area is 218 Å². The van der Waals surface area contributed by atoms with Crippen LogP contribution in [0.15, 0.2) is 72.3 Å². The molecule has 36 heavy (non-hydrogen) atoms. The van der Waals surface area contributed by atoms with Gasteiger partial charge < -0.3 is 9.64 Å². The van der Waals surface area contributed by atoms with Gasteiger partial charge in [-0.3, -0.25) is 18.9 Å². The molecule has 5 rings (SSSR count). The van der Waals surface area contributed by atoms with E-state index < -0.39 is 0 Å². The highest BCUT2D eigenvalue weighted by atomic mass is 35.5. The van der Waals surface area contributed by atoms with E-state index in [0.29, 0.717) is 46.5 Å². The van der Waals surface area contributed by atoms with Gasteiger partial charge in [0.2, 0.25) is 5.91 Å². The van der Waals surface area contributed by atoms with Crippen LogP contribution in [0.3, 0.4) is 0 Å². The molecule has 0 saturated carbocycles. The van der Waals surface area contributed by atoms with Gasteiger partial charge in [-0.05, 0) is 55.3 Å². The zero-order chi connectivity index (χ0) is 25.4. The molecule has 9 heteroatoms. The molecule has 0 aliphatic carbocycles. The van der Waals surface area contributed by atoms with Crippen molar-refractivity contribution in [3.05, 3.63) is 99.2 Å². The van der Waals surface area contributed by atoms with E-state index in [9.17, 15) is 9.59 Å². The number of amides is 1. The average molecular weight is 523 g/mol. The highest BCUT2D eigenvalue weighted by molar-refractivity contribution is 6.32. The summed E-state index contributed by atoms with van der Waals surface area (Å²) in [4.78, 5) is 31.7. The van der Waals surface area contributed by atoms with Crippen LogP contribution in [0.1, 0.15) is 23.6 Å². The Morgan fingerprint density at radius 3 is 2.75 bits per heavy atom. The van der Waals surface area contributed by atoms with E-state index in [1.165, 1.54) is 6.08 Å². The molecule has 0 radical (unpaired) electrons. The van der Waals surface area contributed by atoms with Crippen molar-refractivity contribution in [2.24, 2.45) is 0 Å². The molecule has 0 N–H and O–H groups in total. The van der Waals surface area contributed by atoms with Gasteiger partial charge >= 0.3 is 5.69 Å². The van der Waals surface area contributed by atoms with Gasteiger partial charge in [0.15, 0.2) is 0 Å². The van der Waals surface area contributed by atoms with E-state index in [4.69, 9.17) is 27.9 Å². The minimum atomic E-state index is -0.216. The van der Waals surface area contributed by atoms with Gasteiger partial charge in [0, 0.05) is 29.9 Å². The first kappa shape index (κ1) is 24.2. The Hall–Kier alpha value is -3.55. The van der Waals surface area contributed by atoms with Crippen molar-refractivity contribution in [2.75, 3.05) is 13.1 Å². The van der Waals surface area contributed by atoms with Gasteiger partial charge in [-0.25, -0.2) is 4.79 Å². The molecule has 3 heterocycles. The Kier molecular flexibility index (Phi) is 6.60.